The van der Waals surface area contributed by atoms with E-state index in [4.69, 9.17) is 0 Å². The Morgan fingerprint density at radius 1 is 1.05 bits per heavy atom. The number of carbonyl (C=O) groups excluding carboxylic acids is 1. The molecule has 0 unspecified atom stereocenters. The molecule has 0 spiro atoms. The maximum absolute atomic E-state index is 12.2. The predicted octanol–water partition coefficient (Wildman–Crippen LogP) is 3.49. The first-order chi connectivity index (χ1) is 10.7. The molecule has 1 aliphatic heterocycles. The molecule has 1 N–H and O–H groups in total. The minimum absolute atomic E-state index is 0.0323. The van der Waals surface area contributed by atoms with Gasteiger partial charge in [0.1, 0.15) is 6.17 Å². The predicted molar refractivity (Wildman–Crippen MR) is 89.4 cm³/mol. The van der Waals surface area contributed by atoms with Gasteiger partial charge in [0.25, 0.3) is 0 Å². The van der Waals surface area contributed by atoms with Gasteiger partial charge in [-0.15, -0.1) is 0 Å². The minimum Gasteiger partial charge on any atom is -0.364 e. The van der Waals surface area contributed by atoms with E-state index in [2.05, 4.69) is 17.2 Å². The number of nitrogens with zero attached hydrogens (tertiary/aromatic N) is 2. The molecule has 22 heavy (non-hydrogen) atoms. The molecule has 0 aliphatic carbocycles. The normalized spacial score (nSPS) is 21.0. The van der Waals surface area contributed by atoms with Gasteiger partial charge in [0.05, 0.1) is 11.7 Å². The van der Waals surface area contributed by atoms with Gasteiger partial charge in [0.15, 0.2) is 0 Å². The second-order valence-corrected chi connectivity index (χ2v) is 5.65. The topological polar surface area (TPSA) is 35.6 Å². The van der Waals surface area contributed by atoms with Crippen molar-refractivity contribution in [2.24, 2.45) is 0 Å². The summed E-state index contributed by atoms with van der Waals surface area (Å²) in [4.78, 5) is 12.2. The molecule has 3 rings (SSSR count). The Kier molecular flexibility index (Phi) is 4.00. The van der Waals surface area contributed by atoms with Crippen molar-refractivity contribution in [3.05, 3.63) is 60.7 Å². The van der Waals surface area contributed by atoms with Gasteiger partial charge in [0, 0.05) is 19.0 Å². The number of hydrazine groups is 1. The van der Waals surface area contributed by atoms with E-state index in [1.54, 1.807) is 6.92 Å². The van der Waals surface area contributed by atoms with Crippen LogP contribution in [-0.4, -0.2) is 23.1 Å². The highest BCUT2D eigenvalue weighted by Gasteiger charge is 2.38. The molecule has 1 saturated heterocycles. The summed E-state index contributed by atoms with van der Waals surface area (Å²) >= 11 is 0. The fraction of sp³-hybridized carbons (Fsp3) is 0.278. The van der Waals surface area contributed by atoms with Gasteiger partial charge in [-0.25, -0.2) is 5.01 Å². The van der Waals surface area contributed by atoms with E-state index in [1.165, 1.54) is 0 Å². The zero-order valence-corrected chi connectivity index (χ0v) is 12.9. The summed E-state index contributed by atoms with van der Waals surface area (Å²) in [5, 5.41) is 7.38. The lowest BCUT2D eigenvalue weighted by Gasteiger charge is -2.35. The van der Waals surface area contributed by atoms with Gasteiger partial charge >= 0.3 is 0 Å². The number of amides is 1. The van der Waals surface area contributed by atoms with Gasteiger partial charge in [-0.1, -0.05) is 36.4 Å². The highest BCUT2D eigenvalue weighted by molar-refractivity contribution is 5.77. The molecule has 0 radical (unpaired) electrons. The third kappa shape index (κ3) is 2.77. The van der Waals surface area contributed by atoms with Crippen molar-refractivity contribution >= 4 is 17.3 Å². The summed E-state index contributed by atoms with van der Waals surface area (Å²) in [6, 6.07) is 20.3. The first-order valence-corrected chi connectivity index (χ1v) is 7.62. The molecule has 1 heterocycles. The monoisotopic (exact) mass is 295 g/mol. The van der Waals surface area contributed by atoms with Crippen molar-refractivity contribution in [1.82, 2.24) is 5.01 Å². The molecule has 0 aromatic heterocycles. The molecular weight excluding hydrogens is 274 g/mol. The molecule has 2 atom stereocenters. The van der Waals surface area contributed by atoms with Gasteiger partial charge in [-0.2, -0.15) is 0 Å². The fourth-order valence-corrected chi connectivity index (χ4v) is 3.06. The Labute approximate surface area is 131 Å². The second kappa shape index (κ2) is 6.10. The van der Waals surface area contributed by atoms with Crippen molar-refractivity contribution in [2.75, 3.05) is 10.3 Å². The lowest BCUT2D eigenvalue weighted by molar-refractivity contribution is -0.129. The second-order valence-electron chi connectivity index (χ2n) is 5.65. The quantitative estimate of drug-likeness (QED) is 0.941. The largest absolute Gasteiger partial charge is 0.364 e. The molecule has 114 valence electrons. The number of para-hydroxylation sites is 2. The Balaban J connectivity index is 1.88. The average Bonchev–Trinajstić information content (AvgIpc) is 2.85. The standard InChI is InChI=1S/C18H21N3O/c1-14-13-18(19-16-9-5-3-6-10-16)21(15(2)22)20(14)17-11-7-4-8-12-17/h3-12,14,18-19H,13H2,1-2H3/t14-,18+/m1/s1. The SMILES string of the molecule is CC(=O)N1[C@H](Nc2ccccc2)C[C@@H](C)N1c1ccccc1. The molecule has 1 amide bonds. The van der Waals surface area contributed by atoms with E-state index >= 15 is 0 Å². The van der Waals surface area contributed by atoms with Gasteiger partial charge in [0.2, 0.25) is 5.91 Å². The highest BCUT2D eigenvalue weighted by Crippen LogP contribution is 2.31. The summed E-state index contributed by atoms with van der Waals surface area (Å²) in [6.07, 6.45) is 0.846. The van der Waals surface area contributed by atoms with Crippen molar-refractivity contribution in [2.45, 2.75) is 32.5 Å². The summed E-state index contributed by atoms with van der Waals surface area (Å²) < 4.78 is 0. The Morgan fingerprint density at radius 3 is 2.23 bits per heavy atom. The van der Waals surface area contributed by atoms with Crippen LogP contribution in [0.4, 0.5) is 11.4 Å². The van der Waals surface area contributed by atoms with Gasteiger partial charge < -0.3 is 5.32 Å². The average molecular weight is 295 g/mol. The van der Waals surface area contributed by atoms with E-state index < -0.39 is 0 Å². The van der Waals surface area contributed by atoms with Crippen LogP contribution < -0.4 is 10.3 Å². The molecule has 4 heteroatoms. The van der Waals surface area contributed by atoms with E-state index in [-0.39, 0.29) is 18.1 Å². The summed E-state index contributed by atoms with van der Waals surface area (Å²) in [5.74, 6) is 0.0432. The number of nitrogens with one attached hydrogen (secondary N) is 1. The maximum Gasteiger partial charge on any atom is 0.239 e. The molecule has 1 fully saturated rings. The number of hydrogen-bond donors (Lipinski definition) is 1. The molecule has 2 aromatic rings. The first kappa shape index (κ1) is 14.4. The Morgan fingerprint density at radius 2 is 1.64 bits per heavy atom. The molecular formula is C18H21N3O. The van der Waals surface area contributed by atoms with Crippen LogP contribution in [-0.2, 0) is 4.79 Å². The van der Waals surface area contributed by atoms with Crippen molar-refractivity contribution < 1.29 is 4.79 Å². The van der Waals surface area contributed by atoms with Gasteiger partial charge in [-0.05, 0) is 31.2 Å². The van der Waals surface area contributed by atoms with E-state index in [0.717, 1.165) is 17.8 Å². The Bertz CT molecular complexity index is 629. The lowest BCUT2D eigenvalue weighted by atomic mass is 10.2. The number of benzene rings is 2. The van der Waals surface area contributed by atoms with Crippen LogP contribution in [0.2, 0.25) is 0 Å². The molecule has 1 aliphatic rings. The Hall–Kier alpha value is -2.49. The molecule has 0 saturated carbocycles. The first-order valence-electron chi connectivity index (χ1n) is 7.62. The fourth-order valence-electron chi connectivity index (χ4n) is 3.06. The third-order valence-electron chi connectivity index (χ3n) is 3.96. The van der Waals surface area contributed by atoms with Crippen molar-refractivity contribution in [1.29, 1.82) is 0 Å². The summed E-state index contributed by atoms with van der Waals surface area (Å²) in [7, 11) is 0. The molecule has 4 nitrogen and oxygen atoms in total. The summed E-state index contributed by atoms with van der Waals surface area (Å²) in [6.45, 7) is 3.77. The van der Waals surface area contributed by atoms with Crippen LogP contribution in [0.1, 0.15) is 20.3 Å². The number of carbonyl (C=O) groups is 1. The van der Waals surface area contributed by atoms with Gasteiger partial charge in [-0.3, -0.25) is 9.80 Å². The van der Waals surface area contributed by atoms with Crippen LogP contribution in [0.5, 0.6) is 0 Å². The molecule has 2 aromatic carbocycles. The van der Waals surface area contributed by atoms with E-state index in [0.29, 0.717) is 0 Å². The smallest absolute Gasteiger partial charge is 0.239 e. The number of anilines is 2. The number of hydrogen-bond acceptors (Lipinski definition) is 3. The minimum atomic E-state index is -0.0323. The van der Waals surface area contributed by atoms with Crippen LogP contribution >= 0.6 is 0 Å². The maximum atomic E-state index is 12.2. The van der Waals surface area contributed by atoms with Crippen LogP contribution in [0.15, 0.2) is 60.7 Å². The zero-order chi connectivity index (χ0) is 15.5. The third-order valence-corrected chi connectivity index (χ3v) is 3.96. The highest BCUT2D eigenvalue weighted by atomic mass is 16.2. The lowest BCUT2D eigenvalue weighted by Crippen LogP contribution is -2.48. The van der Waals surface area contributed by atoms with Crippen LogP contribution in [0.25, 0.3) is 0 Å². The number of rotatable bonds is 3. The summed E-state index contributed by atoms with van der Waals surface area (Å²) in [5.41, 5.74) is 2.07. The van der Waals surface area contributed by atoms with E-state index in [1.807, 2.05) is 65.7 Å². The van der Waals surface area contributed by atoms with Crippen molar-refractivity contribution in [3.8, 4) is 0 Å². The molecule has 0 bridgehead atoms. The van der Waals surface area contributed by atoms with Crippen molar-refractivity contribution in [3.63, 3.8) is 0 Å². The van der Waals surface area contributed by atoms with E-state index in [9.17, 15) is 4.79 Å². The van der Waals surface area contributed by atoms with Crippen LogP contribution in [0, 0.1) is 0 Å². The zero-order valence-electron chi connectivity index (χ0n) is 12.9. The van der Waals surface area contributed by atoms with Crippen LogP contribution in [0.3, 0.4) is 0 Å².